The van der Waals surface area contributed by atoms with E-state index in [-0.39, 0.29) is 56.5 Å². The van der Waals surface area contributed by atoms with Crippen LogP contribution in [0.5, 0.6) is 0 Å². The first-order valence-corrected chi connectivity index (χ1v) is 8.10. The molecule has 5 atom stereocenters. The fraction of sp³-hybridized carbons (Fsp3) is 0.938. The van der Waals surface area contributed by atoms with Gasteiger partial charge in [0.1, 0.15) is 6.10 Å². The van der Waals surface area contributed by atoms with Crippen LogP contribution in [0, 0.1) is 0 Å². The van der Waals surface area contributed by atoms with Crippen LogP contribution in [0.15, 0.2) is 0 Å². The quantitative estimate of drug-likeness (QED) is 0.479. The van der Waals surface area contributed by atoms with Crippen molar-refractivity contribution in [2.45, 2.75) is 96.9 Å². The van der Waals surface area contributed by atoms with Crippen LogP contribution in [0.1, 0.15) is 73.4 Å². The molecule has 0 saturated carbocycles. The van der Waals surface area contributed by atoms with Gasteiger partial charge in [0, 0.05) is 26.9 Å². The molecule has 1 aliphatic rings. The Morgan fingerprint density at radius 2 is 1.88 bits per heavy atom. The zero-order chi connectivity index (χ0) is 15.8. The molecular weight excluding hydrogens is 348 g/mol. The van der Waals surface area contributed by atoms with Gasteiger partial charge < -0.3 is 19.3 Å². The van der Waals surface area contributed by atoms with Crippen molar-refractivity contribution in [3.63, 3.8) is 0 Å². The summed E-state index contributed by atoms with van der Waals surface area (Å²) >= 11 is 0. The Kier molecular flexibility index (Phi) is 21.0. The predicted octanol–water partition coefficient (Wildman–Crippen LogP) is 4.63. The Morgan fingerprint density at radius 3 is 2.36 bits per heavy atom. The maximum atomic E-state index is 11.2. The van der Waals surface area contributed by atoms with Crippen LogP contribution in [0.2, 0.25) is 0 Å². The molecule has 1 fully saturated rings. The molecule has 0 bridgehead atoms. The summed E-state index contributed by atoms with van der Waals surface area (Å²) in [5.74, 6) is -0.312. The molecule has 5 unspecified atom stereocenters. The van der Waals surface area contributed by atoms with E-state index < -0.39 is 6.10 Å². The number of ether oxygens (including phenoxy) is 3. The summed E-state index contributed by atoms with van der Waals surface area (Å²) in [4.78, 5) is 11.2. The lowest BCUT2D eigenvalue weighted by Crippen LogP contribution is -2.39. The van der Waals surface area contributed by atoms with Crippen LogP contribution in [-0.4, -0.2) is 41.8 Å². The summed E-state index contributed by atoms with van der Waals surface area (Å²) in [5, 5.41) is 9.80. The van der Waals surface area contributed by atoms with E-state index in [1.54, 1.807) is 0 Å². The largest absolute Gasteiger partial charge is 0.462 e. The molecule has 5 nitrogen and oxygen atoms in total. The van der Waals surface area contributed by atoms with E-state index in [1.165, 1.54) is 6.92 Å². The summed E-state index contributed by atoms with van der Waals surface area (Å²) < 4.78 is 17.0. The normalized spacial score (nSPS) is 24.3. The average molecular weight is 397 g/mol. The van der Waals surface area contributed by atoms with Crippen molar-refractivity contribution in [1.29, 1.82) is 0 Å². The van der Waals surface area contributed by atoms with Crippen molar-refractivity contribution < 1.29 is 50.1 Å². The third-order valence-corrected chi connectivity index (χ3v) is 3.71. The lowest BCUT2D eigenvalue weighted by molar-refractivity contribution is -0.245. The molecule has 0 amide bonds. The molecule has 0 aromatic carbocycles. The topological polar surface area (TPSA) is 65.0 Å². The van der Waals surface area contributed by atoms with Gasteiger partial charge in [-0.3, -0.25) is 23.6 Å². The van der Waals surface area contributed by atoms with Gasteiger partial charge in [-0.2, -0.15) is 0 Å². The maximum Gasteiger partial charge on any atom is 0.302 e. The van der Waals surface area contributed by atoms with Gasteiger partial charge in [0.25, 0.3) is 0 Å². The summed E-state index contributed by atoms with van der Waals surface area (Å²) in [7, 11) is 0. The molecule has 0 spiro atoms. The van der Waals surface area contributed by atoms with Gasteiger partial charge in [0.05, 0.1) is 18.3 Å². The highest BCUT2D eigenvalue weighted by molar-refractivity contribution is 5.66. The van der Waals surface area contributed by atoms with Crippen molar-refractivity contribution in [2.75, 3.05) is 0 Å². The SMILES string of the molecule is CCCC1OC(C)CC(CC(CC(O)CC)OC(C)=O)O1.F.F.F.F.[2HH].[2HH].[2HH].[2HH].[HH]. The minimum absolute atomic E-state index is 0. The third kappa shape index (κ3) is 13.0. The van der Waals surface area contributed by atoms with E-state index in [0.717, 1.165) is 19.3 Å². The molecule has 9 heteroatoms. The molecule has 25 heavy (non-hydrogen) atoms. The minimum atomic E-state index is -0.446. The number of hydrogen-bond acceptors (Lipinski definition) is 5. The van der Waals surface area contributed by atoms with Crippen LogP contribution in [0.25, 0.3) is 0 Å². The summed E-state index contributed by atoms with van der Waals surface area (Å²) in [6, 6.07) is 0. The van der Waals surface area contributed by atoms with Gasteiger partial charge in [-0.15, -0.1) is 0 Å². The molecule has 0 radical (unpaired) electrons. The van der Waals surface area contributed by atoms with Gasteiger partial charge in [0.15, 0.2) is 6.29 Å². The first-order valence-electron chi connectivity index (χ1n) is 8.10. The van der Waals surface area contributed by atoms with Crippen LogP contribution >= 0.6 is 0 Å². The lowest BCUT2D eigenvalue weighted by Gasteiger charge is -2.36. The Balaban J connectivity index is -0.0000000700. The standard InChI is InChI=1S/C16H30O5.4FH.5H2/c1-5-7-16-19-11(3)8-14(21-16)10-15(20-12(4)17)9-13(18)6-2;;;;;;;;;/h11,13-16,18H,5-10H2,1-4H3;9*1H/i;;;;;4*1+1;. The number of hydrogen-bond donors (Lipinski definition) is 1. The van der Waals surface area contributed by atoms with Crippen LogP contribution in [0.4, 0.5) is 18.8 Å². The number of rotatable bonds is 8. The number of carbonyl (C=O) groups is 1. The van der Waals surface area contributed by atoms with Crippen molar-refractivity contribution in [3.8, 4) is 0 Å². The number of aliphatic hydroxyl groups excluding tert-OH is 1. The number of esters is 1. The molecule has 1 rings (SSSR count). The summed E-state index contributed by atoms with van der Waals surface area (Å²) in [6.45, 7) is 7.46. The zero-order valence-electron chi connectivity index (χ0n) is 15.3. The molecule has 1 heterocycles. The number of carbonyl (C=O) groups excluding carboxylic acids is 1. The summed E-state index contributed by atoms with van der Waals surface area (Å²) in [6.07, 6.45) is 3.65. The maximum absolute atomic E-state index is 11.2. The fourth-order valence-corrected chi connectivity index (χ4v) is 2.70. The Hall–Kier alpha value is -0.930. The minimum Gasteiger partial charge on any atom is -0.462 e. The van der Waals surface area contributed by atoms with Gasteiger partial charge >= 0.3 is 5.97 Å². The molecule has 0 aromatic heterocycles. The van der Waals surface area contributed by atoms with Crippen molar-refractivity contribution in [2.24, 2.45) is 0 Å². The van der Waals surface area contributed by atoms with Crippen molar-refractivity contribution in [1.82, 2.24) is 0 Å². The monoisotopic (exact) mass is 396 g/mol. The van der Waals surface area contributed by atoms with Crippen molar-refractivity contribution >= 4 is 5.97 Å². The second kappa shape index (κ2) is 16.5. The zero-order valence-corrected chi connectivity index (χ0v) is 15.3. The van der Waals surface area contributed by atoms with E-state index in [9.17, 15) is 9.90 Å². The highest BCUT2D eigenvalue weighted by atomic mass is 19.0. The summed E-state index contributed by atoms with van der Waals surface area (Å²) in [5.41, 5.74) is 0. The first kappa shape index (κ1) is 31.8. The molecule has 0 aromatic rings. The molecule has 166 valence electrons. The second-order valence-electron chi connectivity index (χ2n) is 5.92. The highest BCUT2D eigenvalue weighted by Gasteiger charge is 2.30. The van der Waals surface area contributed by atoms with Crippen molar-refractivity contribution in [3.05, 3.63) is 0 Å². The van der Waals surface area contributed by atoms with Gasteiger partial charge in [0.2, 0.25) is 0 Å². The van der Waals surface area contributed by atoms with E-state index in [0.29, 0.717) is 19.3 Å². The van der Waals surface area contributed by atoms with Gasteiger partial charge in [-0.05, 0) is 26.2 Å². The van der Waals surface area contributed by atoms with Crippen LogP contribution < -0.4 is 0 Å². The van der Waals surface area contributed by atoms with E-state index in [4.69, 9.17) is 14.2 Å². The predicted molar refractivity (Wildman–Crippen MR) is 100 cm³/mol. The smallest absolute Gasteiger partial charge is 0.302 e. The van der Waals surface area contributed by atoms with Gasteiger partial charge in [-0.1, -0.05) is 20.3 Å². The van der Waals surface area contributed by atoms with E-state index >= 15 is 0 Å². The fourth-order valence-electron chi connectivity index (χ4n) is 2.70. The number of halogens is 4. The van der Waals surface area contributed by atoms with Crippen LogP contribution in [0.3, 0.4) is 0 Å². The van der Waals surface area contributed by atoms with E-state index in [1.807, 2.05) is 13.8 Å². The molecule has 0 aliphatic carbocycles. The third-order valence-electron chi connectivity index (χ3n) is 3.71. The van der Waals surface area contributed by atoms with E-state index in [2.05, 4.69) is 6.92 Å². The molecule has 1 saturated heterocycles. The molecule has 1 N–H and O–H groups in total. The lowest BCUT2D eigenvalue weighted by atomic mass is 9.99. The molecule has 1 aliphatic heterocycles. The highest BCUT2D eigenvalue weighted by Crippen LogP contribution is 2.26. The van der Waals surface area contributed by atoms with Crippen LogP contribution in [-0.2, 0) is 19.0 Å². The number of aliphatic hydroxyl groups is 1. The molecular formula is C16H44F4O5. The van der Waals surface area contributed by atoms with Gasteiger partial charge in [-0.25, -0.2) is 0 Å². The average Bonchev–Trinajstić information content (AvgIpc) is 2.37. The second-order valence-corrected chi connectivity index (χ2v) is 5.92. The Labute approximate surface area is 154 Å². The first-order chi connectivity index (χ1) is 9.94. The Bertz CT molecular complexity index is 342. The Morgan fingerprint density at radius 1 is 1.28 bits per heavy atom.